The lowest BCUT2D eigenvalue weighted by Gasteiger charge is -2.36. The van der Waals surface area contributed by atoms with Crippen molar-refractivity contribution >= 4 is 5.97 Å². The summed E-state index contributed by atoms with van der Waals surface area (Å²) in [6.07, 6.45) is 0. The third-order valence-electron chi connectivity index (χ3n) is 2.60. The van der Waals surface area contributed by atoms with Gasteiger partial charge in [0.05, 0.1) is 18.8 Å². The normalized spacial score (nSPS) is 22.3. The van der Waals surface area contributed by atoms with Crippen molar-refractivity contribution in [2.75, 3.05) is 13.2 Å². The Morgan fingerprint density at radius 1 is 1.23 bits per heavy atom. The molecule has 0 bridgehead atoms. The predicted octanol–water partition coefficient (Wildman–Crippen LogP) is 1.08. The average Bonchev–Trinajstić information content (AvgIpc) is 2.40. The van der Waals surface area contributed by atoms with E-state index in [1.54, 1.807) is 6.07 Å². The zero-order valence-corrected chi connectivity index (χ0v) is 6.95. The fraction of sp³-hybridized carbons (Fsp3) is 0.300. The first kappa shape index (κ1) is 7.09. The molecule has 1 aromatic rings. The van der Waals surface area contributed by atoms with E-state index in [1.165, 1.54) is 0 Å². The molecule has 3 heteroatoms. The maximum atomic E-state index is 11.4. The van der Waals surface area contributed by atoms with E-state index in [0.717, 1.165) is 5.56 Å². The standard InChI is InChI=1S/C10H8O3/c11-9-7-3-1-2-4-8(7)10(13-9)5-12-6-10/h1-4H,5-6H2. The minimum absolute atomic E-state index is 0.223. The van der Waals surface area contributed by atoms with E-state index in [-0.39, 0.29) is 5.97 Å². The number of carbonyl (C=O) groups is 1. The van der Waals surface area contributed by atoms with E-state index in [1.807, 2.05) is 18.2 Å². The summed E-state index contributed by atoms with van der Waals surface area (Å²) in [6.45, 7) is 0.992. The molecule has 0 aromatic heterocycles. The largest absolute Gasteiger partial charge is 0.446 e. The highest BCUT2D eigenvalue weighted by atomic mass is 16.6. The molecule has 1 aromatic carbocycles. The summed E-state index contributed by atoms with van der Waals surface area (Å²) in [5, 5.41) is 0. The Kier molecular flexibility index (Phi) is 1.15. The SMILES string of the molecule is O=C1OC2(COC2)c2ccccc21. The van der Waals surface area contributed by atoms with Gasteiger partial charge in [0.2, 0.25) is 0 Å². The molecule has 3 nitrogen and oxygen atoms in total. The lowest BCUT2D eigenvalue weighted by molar-refractivity contribution is -0.179. The molecule has 2 aliphatic heterocycles. The monoisotopic (exact) mass is 176 g/mol. The number of rotatable bonds is 0. The molecule has 0 atom stereocenters. The molecule has 0 radical (unpaired) electrons. The zero-order valence-electron chi connectivity index (χ0n) is 6.95. The molecule has 3 rings (SSSR count). The molecule has 2 heterocycles. The molecule has 1 spiro atoms. The summed E-state index contributed by atoms with van der Waals surface area (Å²) < 4.78 is 10.4. The van der Waals surface area contributed by atoms with Crippen LogP contribution in [0, 0.1) is 0 Å². The van der Waals surface area contributed by atoms with Gasteiger partial charge in [0.1, 0.15) is 0 Å². The second-order valence-corrected chi connectivity index (χ2v) is 3.42. The lowest BCUT2D eigenvalue weighted by atomic mass is 9.91. The van der Waals surface area contributed by atoms with Gasteiger partial charge in [-0.2, -0.15) is 0 Å². The van der Waals surface area contributed by atoms with Crippen LogP contribution < -0.4 is 0 Å². The van der Waals surface area contributed by atoms with Gasteiger partial charge in [0.25, 0.3) is 0 Å². The highest BCUT2D eigenvalue weighted by Crippen LogP contribution is 2.41. The van der Waals surface area contributed by atoms with Gasteiger partial charge in [0.15, 0.2) is 5.60 Å². The van der Waals surface area contributed by atoms with E-state index in [0.29, 0.717) is 18.8 Å². The van der Waals surface area contributed by atoms with Crippen LogP contribution in [0.3, 0.4) is 0 Å². The second-order valence-electron chi connectivity index (χ2n) is 3.42. The third kappa shape index (κ3) is 0.748. The summed E-state index contributed by atoms with van der Waals surface area (Å²) >= 11 is 0. The molecular formula is C10H8O3. The van der Waals surface area contributed by atoms with Gasteiger partial charge in [0, 0.05) is 5.56 Å². The number of hydrogen-bond donors (Lipinski definition) is 0. The first-order chi connectivity index (χ1) is 6.32. The molecule has 2 aliphatic rings. The van der Waals surface area contributed by atoms with Crippen molar-refractivity contribution in [3.8, 4) is 0 Å². The van der Waals surface area contributed by atoms with Crippen molar-refractivity contribution in [1.29, 1.82) is 0 Å². The van der Waals surface area contributed by atoms with Crippen molar-refractivity contribution in [3.63, 3.8) is 0 Å². The second kappa shape index (κ2) is 2.12. The first-order valence-corrected chi connectivity index (χ1v) is 4.22. The number of hydrogen-bond acceptors (Lipinski definition) is 3. The van der Waals surface area contributed by atoms with E-state index in [9.17, 15) is 4.79 Å². The molecule has 0 unspecified atom stereocenters. The minimum Gasteiger partial charge on any atom is -0.446 e. The zero-order chi connectivity index (χ0) is 8.89. The molecule has 13 heavy (non-hydrogen) atoms. The summed E-state index contributed by atoms with van der Waals surface area (Å²) in [4.78, 5) is 11.4. The summed E-state index contributed by atoms with van der Waals surface area (Å²) in [5.74, 6) is -0.223. The third-order valence-corrected chi connectivity index (χ3v) is 2.60. The topological polar surface area (TPSA) is 35.5 Å². The van der Waals surface area contributed by atoms with Crippen molar-refractivity contribution in [1.82, 2.24) is 0 Å². The smallest absolute Gasteiger partial charge is 0.339 e. The Hall–Kier alpha value is -1.35. The van der Waals surface area contributed by atoms with E-state index in [4.69, 9.17) is 9.47 Å². The maximum Gasteiger partial charge on any atom is 0.339 e. The Morgan fingerprint density at radius 2 is 2.00 bits per heavy atom. The highest BCUT2D eigenvalue weighted by Gasteiger charge is 2.51. The molecule has 1 saturated heterocycles. The van der Waals surface area contributed by atoms with Gasteiger partial charge < -0.3 is 9.47 Å². The van der Waals surface area contributed by atoms with Crippen LogP contribution in [0.25, 0.3) is 0 Å². The maximum absolute atomic E-state index is 11.4. The fourth-order valence-electron chi connectivity index (χ4n) is 1.85. The Labute approximate surface area is 75.3 Å². The lowest BCUT2D eigenvalue weighted by Crippen LogP contribution is -2.46. The molecule has 0 aliphatic carbocycles. The van der Waals surface area contributed by atoms with Gasteiger partial charge in [-0.15, -0.1) is 0 Å². The predicted molar refractivity (Wildman–Crippen MR) is 44.4 cm³/mol. The van der Waals surface area contributed by atoms with Crippen LogP contribution in [-0.2, 0) is 15.1 Å². The summed E-state index contributed by atoms with van der Waals surface area (Å²) in [6, 6.07) is 7.49. The van der Waals surface area contributed by atoms with Crippen molar-refractivity contribution in [2.45, 2.75) is 5.60 Å². The quantitative estimate of drug-likeness (QED) is 0.555. The number of ether oxygens (including phenoxy) is 2. The van der Waals surface area contributed by atoms with Gasteiger partial charge in [-0.05, 0) is 6.07 Å². The van der Waals surface area contributed by atoms with Crippen molar-refractivity contribution < 1.29 is 14.3 Å². The van der Waals surface area contributed by atoms with Crippen LogP contribution in [0.1, 0.15) is 15.9 Å². The van der Waals surface area contributed by atoms with Crippen molar-refractivity contribution in [2.24, 2.45) is 0 Å². The molecule has 0 saturated carbocycles. The number of esters is 1. The molecule has 1 fully saturated rings. The van der Waals surface area contributed by atoms with E-state index < -0.39 is 5.60 Å². The Morgan fingerprint density at radius 3 is 2.69 bits per heavy atom. The van der Waals surface area contributed by atoms with Gasteiger partial charge in [-0.25, -0.2) is 4.79 Å². The van der Waals surface area contributed by atoms with Gasteiger partial charge in [-0.1, -0.05) is 18.2 Å². The number of carbonyl (C=O) groups excluding carboxylic acids is 1. The van der Waals surface area contributed by atoms with Gasteiger partial charge >= 0.3 is 5.97 Å². The Bertz CT molecular complexity index is 380. The van der Waals surface area contributed by atoms with Crippen LogP contribution in [0.4, 0.5) is 0 Å². The summed E-state index contributed by atoms with van der Waals surface area (Å²) in [7, 11) is 0. The van der Waals surface area contributed by atoms with E-state index in [2.05, 4.69) is 0 Å². The molecule has 0 N–H and O–H groups in total. The molecule has 66 valence electrons. The number of fused-ring (bicyclic) bond motifs is 2. The van der Waals surface area contributed by atoms with Crippen LogP contribution in [-0.4, -0.2) is 19.2 Å². The average molecular weight is 176 g/mol. The van der Waals surface area contributed by atoms with E-state index >= 15 is 0 Å². The van der Waals surface area contributed by atoms with Crippen molar-refractivity contribution in [3.05, 3.63) is 35.4 Å². The molecular weight excluding hydrogens is 168 g/mol. The van der Waals surface area contributed by atoms with Crippen LogP contribution in [0.5, 0.6) is 0 Å². The fourth-order valence-corrected chi connectivity index (χ4v) is 1.85. The van der Waals surface area contributed by atoms with Crippen LogP contribution >= 0.6 is 0 Å². The summed E-state index contributed by atoms with van der Waals surface area (Å²) in [5.41, 5.74) is 1.21. The number of benzene rings is 1. The first-order valence-electron chi connectivity index (χ1n) is 4.22. The van der Waals surface area contributed by atoms with Crippen LogP contribution in [0.15, 0.2) is 24.3 Å². The minimum atomic E-state index is -0.451. The van der Waals surface area contributed by atoms with Crippen LogP contribution in [0.2, 0.25) is 0 Å². The molecule has 0 amide bonds. The van der Waals surface area contributed by atoms with Gasteiger partial charge in [-0.3, -0.25) is 0 Å². The highest BCUT2D eigenvalue weighted by molar-refractivity contribution is 5.94. The Balaban J connectivity index is 2.20.